The van der Waals surface area contributed by atoms with Gasteiger partial charge in [0, 0.05) is 16.6 Å². The molecule has 2 rings (SSSR count). The number of halogens is 2. The zero-order chi connectivity index (χ0) is 14.5. The average Bonchev–Trinajstić information content (AvgIpc) is 2.47. The molecule has 20 heavy (non-hydrogen) atoms. The number of nitrogens with one attached hydrogen (secondary N) is 1. The number of rotatable bonds is 3. The second-order valence-electron chi connectivity index (χ2n) is 4.12. The van der Waals surface area contributed by atoms with E-state index in [4.69, 9.17) is 16.9 Å². The number of benzene rings is 2. The minimum atomic E-state index is -0.207. The Morgan fingerprint density at radius 2 is 2.10 bits per heavy atom. The summed E-state index contributed by atoms with van der Waals surface area (Å²) in [7, 11) is 0. The lowest BCUT2D eigenvalue weighted by atomic mass is 10.1. The van der Waals surface area contributed by atoms with Crippen molar-refractivity contribution in [2.45, 2.75) is 6.54 Å². The third-order valence-corrected chi connectivity index (χ3v) is 3.92. The second-order valence-corrected chi connectivity index (χ2v) is 5.39. The maximum Gasteiger partial charge on any atom is 0.251 e. The van der Waals surface area contributed by atoms with Crippen LogP contribution < -0.4 is 5.32 Å². The molecule has 0 aliphatic heterocycles. The fourth-order valence-electron chi connectivity index (χ4n) is 1.67. The summed E-state index contributed by atoms with van der Waals surface area (Å²) in [6.45, 7) is 0.363. The van der Waals surface area contributed by atoms with E-state index >= 15 is 0 Å². The first-order valence-electron chi connectivity index (χ1n) is 5.82. The van der Waals surface area contributed by atoms with Gasteiger partial charge in [-0.1, -0.05) is 23.7 Å². The van der Waals surface area contributed by atoms with Crippen molar-refractivity contribution in [3.63, 3.8) is 0 Å². The molecule has 1 N–H and O–H groups in total. The van der Waals surface area contributed by atoms with Gasteiger partial charge >= 0.3 is 0 Å². The SMILES string of the molecule is N#Cc1cccc(CNC(=O)c2ccc(Br)c(Cl)c2)c1. The van der Waals surface area contributed by atoms with Crippen molar-refractivity contribution in [1.82, 2.24) is 5.32 Å². The molecule has 0 aliphatic carbocycles. The normalized spacial score (nSPS) is 9.85. The molecule has 5 heteroatoms. The minimum Gasteiger partial charge on any atom is -0.348 e. The molecule has 0 fully saturated rings. The van der Waals surface area contributed by atoms with Gasteiger partial charge in [-0.3, -0.25) is 4.79 Å². The summed E-state index contributed by atoms with van der Waals surface area (Å²) in [5, 5.41) is 12.1. The predicted octanol–water partition coefficient (Wildman–Crippen LogP) is 3.90. The lowest BCUT2D eigenvalue weighted by Gasteiger charge is -2.06. The van der Waals surface area contributed by atoms with Crippen LogP contribution in [-0.2, 0) is 6.54 Å². The van der Waals surface area contributed by atoms with Crippen LogP contribution in [0.25, 0.3) is 0 Å². The number of nitriles is 1. The van der Waals surface area contributed by atoms with Crippen LogP contribution in [-0.4, -0.2) is 5.91 Å². The summed E-state index contributed by atoms with van der Waals surface area (Å²) >= 11 is 9.23. The van der Waals surface area contributed by atoms with Crippen LogP contribution in [0.1, 0.15) is 21.5 Å². The molecule has 0 radical (unpaired) electrons. The molecule has 0 saturated heterocycles. The van der Waals surface area contributed by atoms with Gasteiger partial charge in [-0.2, -0.15) is 5.26 Å². The summed E-state index contributed by atoms with van der Waals surface area (Å²) < 4.78 is 0.748. The molecule has 2 aromatic rings. The molecule has 3 nitrogen and oxygen atoms in total. The van der Waals surface area contributed by atoms with E-state index in [1.165, 1.54) is 0 Å². The fraction of sp³-hybridized carbons (Fsp3) is 0.0667. The summed E-state index contributed by atoms with van der Waals surface area (Å²) in [6.07, 6.45) is 0. The highest BCUT2D eigenvalue weighted by Gasteiger charge is 2.07. The van der Waals surface area contributed by atoms with Crippen molar-refractivity contribution in [2.24, 2.45) is 0 Å². The highest BCUT2D eigenvalue weighted by Crippen LogP contribution is 2.23. The summed E-state index contributed by atoms with van der Waals surface area (Å²) in [5.41, 5.74) is 1.94. The molecule has 0 aliphatic rings. The maximum atomic E-state index is 12.0. The number of carbonyl (C=O) groups excluding carboxylic acids is 1. The van der Waals surface area contributed by atoms with Crippen molar-refractivity contribution in [1.29, 1.82) is 5.26 Å². The Kier molecular flexibility index (Phi) is 4.78. The monoisotopic (exact) mass is 348 g/mol. The maximum absolute atomic E-state index is 12.0. The Labute approximate surface area is 130 Å². The zero-order valence-electron chi connectivity index (χ0n) is 10.4. The van der Waals surface area contributed by atoms with Crippen LogP contribution in [0.5, 0.6) is 0 Å². The molecule has 1 amide bonds. The first-order chi connectivity index (χ1) is 9.60. The van der Waals surface area contributed by atoms with Gasteiger partial charge in [-0.25, -0.2) is 0 Å². The van der Waals surface area contributed by atoms with Crippen LogP contribution in [0.4, 0.5) is 0 Å². The van der Waals surface area contributed by atoms with Gasteiger partial charge in [0.2, 0.25) is 0 Å². The van der Waals surface area contributed by atoms with Gasteiger partial charge < -0.3 is 5.32 Å². The summed E-state index contributed by atoms with van der Waals surface area (Å²) in [5.74, 6) is -0.207. The van der Waals surface area contributed by atoms with Crippen LogP contribution in [0.2, 0.25) is 5.02 Å². The topological polar surface area (TPSA) is 52.9 Å². The Hall–Kier alpha value is -1.83. The quantitative estimate of drug-likeness (QED) is 0.913. The number of hydrogen-bond donors (Lipinski definition) is 1. The standard InChI is InChI=1S/C15H10BrClN2O/c16-13-5-4-12(7-14(13)17)15(20)19-9-11-3-1-2-10(6-11)8-18/h1-7H,9H2,(H,19,20). The van der Waals surface area contributed by atoms with Crippen molar-refractivity contribution in [3.05, 3.63) is 68.7 Å². The molecule has 100 valence electrons. The van der Waals surface area contributed by atoms with Gasteiger partial charge in [0.15, 0.2) is 0 Å². The highest BCUT2D eigenvalue weighted by molar-refractivity contribution is 9.10. The smallest absolute Gasteiger partial charge is 0.251 e. The molecule has 0 spiro atoms. The summed E-state index contributed by atoms with van der Waals surface area (Å²) in [6, 6.07) is 14.2. The third kappa shape index (κ3) is 3.60. The number of carbonyl (C=O) groups is 1. The largest absolute Gasteiger partial charge is 0.348 e. The average molecular weight is 350 g/mol. The van der Waals surface area contributed by atoms with E-state index in [0.29, 0.717) is 22.7 Å². The Morgan fingerprint density at radius 1 is 1.30 bits per heavy atom. The van der Waals surface area contributed by atoms with E-state index in [-0.39, 0.29) is 5.91 Å². The molecule has 0 saturated carbocycles. The Bertz CT molecular complexity index is 695. The van der Waals surface area contributed by atoms with Crippen LogP contribution in [0, 0.1) is 11.3 Å². The van der Waals surface area contributed by atoms with E-state index < -0.39 is 0 Å². The first-order valence-corrected chi connectivity index (χ1v) is 6.99. The Balaban J connectivity index is 2.05. The van der Waals surface area contributed by atoms with Gasteiger partial charge in [0.1, 0.15) is 0 Å². The zero-order valence-corrected chi connectivity index (χ0v) is 12.7. The third-order valence-electron chi connectivity index (χ3n) is 2.69. The lowest BCUT2D eigenvalue weighted by molar-refractivity contribution is 0.0951. The van der Waals surface area contributed by atoms with Gasteiger partial charge in [0.05, 0.1) is 16.7 Å². The number of hydrogen-bond acceptors (Lipinski definition) is 2. The lowest BCUT2D eigenvalue weighted by Crippen LogP contribution is -2.22. The molecule has 2 aromatic carbocycles. The molecule has 0 heterocycles. The molecule has 0 bridgehead atoms. The molecule has 0 atom stereocenters. The van der Waals surface area contributed by atoms with E-state index in [1.807, 2.05) is 6.07 Å². The number of nitrogens with zero attached hydrogens (tertiary/aromatic N) is 1. The highest BCUT2D eigenvalue weighted by atomic mass is 79.9. The van der Waals surface area contributed by atoms with Crippen molar-refractivity contribution in [3.8, 4) is 6.07 Å². The predicted molar refractivity (Wildman–Crippen MR) is 81.5 cm³/mol. The Morgan fingerprint density at radius 3 is 2.80 bits per heavy atom. The second kappa shape index (κ2) is 6.56. The van der Waals surface area contributed by atoms with E-state index in [9.17, 15) is 4.79 Å². The van der Waals surface area contributed by atoms with E-state index in [2.05, 4.69) is 27.3 Å². The van der Waals surface area contributed by atoms with E-state index in [1.54, 1.807) is 36.4 Å². The fourth-order valence-corrected chi connectivity index (χ4v) is 2.10. The van der Waals surface area contributed by atoms with Crippen LogP contribution in [0.15, 0.2) is 46.9 Å². The molecular formula is C15H10BrClN2O. The number of amides is 1. The molecule has 0 unspecified atom stereocenters. The van der Waals surface area contributed by atoms with Crippen molar-refractivity contribution >= 4 is 33.4 Å². The van der Waals surface area contributed by atoms with Gasteiger partial charge in [-0.15, -0.1) is 0 Å². The van der Waals surface area contributed by atoms with Crippen LogP contribution >= 0.6 is 27.5 Å². The van der Waals surface area contributed by atoms with Gasteiger partial charge in [-0.05, 0) is 51.8 Å². The molecular weight excluding hydrogens is 340 g/mol. The summed E-state index contributed by atoms with van der Waals surface area (Å²) in [4.78, 5) is 12.0. The van der Waals surface area contributed by atoms with Gasteiger partial charge in [0.25, 0.3) is 5.91 Å². The first kappa shape index (κ1) is 14.6. The van der Waals surface area contributed by atoms with Crippen LogP contribution in [0.3, 0.4) is 0 Å². The minimum absolute atomic E-state index is 0.207. The molecule has 0 aromatic heterocycles. The van der Waals surface area contributed by atoms with E-state index in [0.717, 1.165) is 10.0 Å². The van der Waals surface area contributed by atoms with Crippen molar-refractivity contribution in [2.75, 3.05) is 0 Å². The van der Waals surface area contributed by atoms with Crippen molar-refractivity contribution < 1.29 is 4.79 Å².